The van der Waals surface area contributed by atoms with Gasteiger partial charge in [-0.15, -0.1) is 0 Å². The Hall–Kier alpha value is -1.11. The number of fused-ring (bicyclic) bond motifs is 1. The zero-order valence-electron chi connectivity index (χ0n) is 10.4. The van der Waals surface area contributed by atoms with E-state index in [4.69, 9.17) is 0 Å². The molecule has 1 atom stereocenters. The standard InChI is InChI=1S/C15H20O.CH4/c1-15(2,3)14(16)13-9-8-11-6-4-5-7-12(11)10-13;/h4-7,13H,8-10H2,1-3H3;1H4. The summed E-state index contributed by atoms with van der Waals surface area (Å²) in [6.07, 6.45) is 3.02. The fraction of sp³-hybridized carbons (Fsp3) is 0.562. The predicted molar refractivity (Wildman–Crippen MR) is 73.2 cm³/mol. The molecule has 0 spiro atoms. The maximum Gasteiger partial charge on any atom is 0.141 e. The molecule has 1 aromatic carbocycles. The first-order chi connectivity index (χ1) is 7.48. The lowest BCUT2D eigenvalue weighted by Crippen LogP contribution is -2.32. The minimum Gasteiger partial charge on any atom is -0.299 e. The summed E-state index contributed by atoms with van der Waals surface area (Å²) in [5, 5.41) is 0. The lowest BCUT2D eigenvalue weighted by Gasteiger charge is -2.28. The lowest BCUT2D eigenvalue weighted by molar-refractivity contribution is -0.130. The molecule has 0 radical (unpaired) electrons. The Kier molecular flexibility index (Phi) is 4.13. The van der Waals surface area contributed by atoms with Crippen LogP contribution in [0.4, 0.5) is 0 Å². The van der Waals surface area contributed by atoms with Crippen LogP contribution in [0.3, 0.4) is 0 Å². The molecule has 17 heavy (non-hydrogen) atoms. The van der Waals surface area contributed by atoms with Crippen LogP contribution in [-0.4, -0.2) is 5.78 Å². The van der Waals surface area contributed by atoms with Crippen molar-refractivity contribution in [1.29, 1.82) is 0 Å². The highest BCUT2D eigenvalue weighted by Crippen LogP contribution is 2.31. The van der Waals surface area contributed by atoms with Crippen LogP contribution < -0.4 is 0 Å². The van der Waals surface area contributed by atoms with Crippen molar-refractivity contribution in [3.8, 4) is 0 Å². The number of benzene rings is 1. The Bertz CT molecular complexity index is 398. The van der Waals surface area contributed by atoms with Crippen molar-refractivity contribution in [1.82, 2.24) is 0 Å². The van der Waals surface area contributed by atoms with Crippen molar-refractivity contribution in [3.05, 3.63) is 35.4 Å². The molecular weight excluding hydrogens is 208 g/mol. The molecule has 0 aliphatic heterocycles. The summed E-state index contributed by atoms with van der Waals surface area (Å²) >= 11 is 0. The van der Waals surface area contributed by atoms with Gasteiger partial charge in [-0.2, -0.15) is 0 Å². The van der Waals surface area contributed by atoms with Crippen molar-refractivity contribution in [3.63, 3.8) is 0 Å². The molecule has 0 heterocycles. The van der Waals surface area contributed by atoms with Gasteiger partial charge < -0.3 is 0 Å². The zero-order chi connectivity index (χ0) is 11.8. The quantitative estimate of drug-likeness (QED) is 0.714. The van der Waals surface area contributed by atoms with E-state index in [1.165, 1.54) is 11.1 Å². The van der Waals surface area contributed by atoms with Gasteiger partial charge in [0.05, 0.1) is 0 Å². The highest BCUT2D eigenvalue weighted by atomic mass is 16.1. The molecular formula is C16H24O. The minimum absolute atomic E-state index is 0. The summed E-state index contributed by atoms with van der Waals surface area (Å²) in [5.74, 6) is 0.650. The molecule has 1 nitrogen and oxygen atoms in total. The number of hydrogen-bond acceptors (Lipinski definition) is 1. The van der Waals surface area contributed by atoms with Crippen LogP contribution >= 0.6 is 0 Å². The van der Waals surface area contributed by atoms with Crippen LogP contribution in [-0.2, 0) is 17.6 Å². The van der Waals surface area contributed by atoms with Crippen LogP contribution in [0.1, 0.15) is 45.7 Å². The fourth-order valence-corrected chi connectivity index (χ4v) is 2.53. The van der Waals surface area contributed by atoms with Crippen LogP contribution in [0, 0.1) is 11.3 Å². The molecule has 1 aromatic rings. The Balaban J connectivity index is 0.00000144. The Morgan fingerprint density at radius 3 is 2.35 bits per heavy atom. The van der Waals surface area contributed by atoms with E-state index in [0.29, 0.717) is 5.78 Å². The first kappa shape index (κ1) is 14.0. The van der Waals surface area contributed by atoms with E-state index in [9.17, 15) is 4.79 Å². The number of hydrogen-bond donors (Lipinski definition) is 0. The summed E-state index contributed by atoms with van der Waals surface area (Å²) in [4.78, 5) is 12.2. The van der Waals surface area contributed by atoms with Crippen LogP contribution in [0.5, 0.6) is 0 Å². The van der Waals surface area contributed by atoms with Crippen molar-refractivity contribution in [2.45, 2.75) is 47.5 Å². The van der Waals surface area contributed by atoms with Crippen LogP contribution in [0.15, 0.2) is 24.3 Å². The van der Waals surface area contributed by atoms with Gasteiger partial charge in [0.1, 0.15) is 5.78 Å². The molecule has 0 aromatic heterocycles. The van der Waals surface area contributed by atoms with Gasteiger partial charge in [0.15, 0.2) is 0 Å². The van der Waals surface area contributed by atoms with Gasteiger partial charge in [-0.3, -0.25) is 4.79 Å². The van der Waals surface area contributed by atoms with Gasteiger partial charge in [-0.1, -0.05) is 52.5 Å². The van der Waals surface area contributed by atoms with Gasteiger partial charge in [-0.05, 0) is 30.4 Å². The Morgan fingerprint density at radius 1 is 1.18 bits per heavy atom. The van der Waals surface area contributed by atoms with Gasteiger partial charge >= 0.3 is 0 Å². The third kappa shape index (κ3) is 2.96. The first-order valence-corrected chi connectivity index (χ1v) is 6.09. The van der Waals surface area contributed by atoms with E-state index >= 15 is 0 Å². The number of aryl methyl sites for hydroxylation is 1. The second-order valence-corrected chi connectivity index (χ2v) is 5.82. The van der Waals surface area contributed by atoms with Crippen molar-refractivity contribution in [2.75, 3.05) is 0 Å². The van der Waals surface area contributed by atoms with E-state index in [1.807, 2.05) is 20.8 Å². The van der Waals surface area contributed by atoms with Gasteiger partial charge in [0.25, 0.3) is 0 Å². The normalized spacial score (nSPS) is 19.1. The van der Waals surface area contributed by atoms with Crippen molar-refractivity contribution >= 4 is 5.78 Å². The van der Waals surface area contributed by atoms with Gasteiger partial charge in [-0.25, -0.2) is 0 Å². The van der Waals surface area contributed by atoms with E-state index < -0.39 is 0 Å². The second-order valence-electron chi connectivity index (χ2n) is 5.82. The molecule has 0 bridgehead atoms. The van der Waals surface area contributed by atoms with E-state index in [-0.39, 0.29) is 18.8 Å². The zero-order valence-corrected chi connectivity index (χ0v) is 10.4. The second kappa shape index (κ2) is 5.03. The van der Waals surface area contributed by atoms with Crippen LogP contribution in [0.25, 0.3) is 0 Å². The SMILES string of the molecule is C.CC(C)(C)C(=O)C1CCc2ccccc2C1. The predicted octanol–water partition coefficient (Wildman–Crippen LogP) is 4.04. The molecule has 1 aliphatic carbocycles. The molecule has 94 valence electrons. The molecule has 2 rings (SSSR count). The number of rotatable bonds is 1. The number of carbonyl (C=O) groups excluding carboxylic acids is 1. The van der Waals surface area contributed by atoms with E-state index in [2.05, 4.69) is 24.3 Å². The topological polar surface area (TPSA) is 17.1 Å². The fourth-order valence-electron chi connectivity index (χ4n) is 2.53. The third-order valence-electron chi connectivity index (χ3n) is 3.46. The van der Waals surface area contributed by atoms with Crippen LogP contribution in [0.2, 0.25) is 0 Å². The number of ketones is 1. The Morgan fingerprint density at radius 2 is 1.76 bits per heavy atom. The monoisotopic (exact) mass is 232 g/mol. The maximum absolute atomic E-state index is 12.2. The molecule has 0 fully saturated rings. The summed E-state index contributed by atoms with van der Waals surface area (Å²) < 4.78 is 0. The maximum atomic E-state index is 12.2. The molecule has 0 saturated heterocycles. The average Bonchev–Trinajstić information content (AvgIpc) is 2.26. The molecule has 1 unspecified atom stereocenters. The van der Waals surface area contributed by atoms with E-state index in [0.717, 1.165) is 19.3 Å². The molecule has 1 aliphatic rings. The summed E-state index contributed by atoms with van der Waals surface area (Å²) in [6.45, 7) is 6.07. The molecule has 0 amide bonds. The largest absolute Gasteiger partial charge is 0.299 e. The minimum atomic E-state index is -0.197. The number of carbonyl (C=O) groups is 1. The smallest absolute Gasteiger partial charge is 0.141 e. The van der Waals surface area contributed by atoms with Gasteiger partial charge in [0, 0.05) is 11.3 Å². The molecule has 0 saturated carbocycles. The summed E-state index contributed by atoms with van der Waals surface area (Å²) in [7, 11) is 0. The number of Topliss-reactive ketones (excluding diaryl/α,β-unsaturated/α-hetero) is 1. The summed E-state index contributed by atoms with van der Waals surface area (Å²) in [5.41, 5.74) is 2.61. The summed E-state index contributed by atoms with van der Waals surface area (Å²) in [6, 6.07) is 8.51. The third-order valence-corrected chi connectivity index (χ3v) is 3.46. The van der Waals surface area contributed by atoms with Crippen molar-refractivity contribution < 1.29 is 4.79 Å². The highest BCUT2D eigenvalue weighted by Gasteiger charge is 2.31. The highest BCUT2D eigenvalue weighted by molar-refractivity contribution is 5.86. The first-order valence-electron chi connectivity index (χ1n) is 6.09. The molecule has 1 heteroatoms. The van der Waals surface area contributed by atoms with E-state index in [1.54, 1.807) is 0 Å². The lowest BCUT2D eigenvalue weighted by atomic mass is 9.74. The van der Waals surface area contributed by atoms with Crippen molar-refractivity contribution in [2.24, 2.45) is 11.3 Å². The Labute approximate surface area is 105 Å². The molecule has 0 N–H and O–H groups in total. The average molecular weight is 232 g/mol. The van der Waals surface area contributed by atoms with Gasteiger partial charge in [0.2, 0.25) is 0 Å².